The van der Waals surface area contributed by atoms with E-state index in [9.17, 15) is 4.79 Å². The van der Waals surface area contributed by atoms with E-state index in [2.05, 4.69) is 10.1 Å². The summed E-state index contributed by atoms with van der Waals surface area (Å²) in [6, 6.07) is 5.83. The Morgan fingerprint density at radius 1 is 1.39 bits per heavy atom. The van der Waals surface area contributed by atoms with E-state index in [4.69, 9.17) is 5.73 Å². The Hall–Kier alpha value is -2.21. The van der Waals surface area contributed by atoms with Crippen LogP contribution in [0.5, 0.6) is 0 Å². The second-order valence-corrected chi connectivity index (χ2v) is 6.26. The van der Waals surface area contributed by atoms with Gasteiger partial charge in [-0.3, -0.25) is 4.79 Å². The van der Waals surface area contributed by atoms with Gasteiger partial charge in [0.05, 0.1) is 5.69 Å². The quantitative estimate of drug-likeness (QED) is 0.939. The van der Waals surface area contributed by atoms with Crippen LogP contribution >= 0.6 is 0 Å². The van der Waals surface area contributed by atoms with Crippen molar-refractivity contribution in [2.75, 3.05) is 6.54 Å². The summed E-state index contributed by atoms with van der Waals surface area (Å²) in [5.74, 6) is 0.0697. The summed E-state index contributed by atoms with van der Waals surface area (Å²) in [5, 5.41) is 4.14. The van der Waals surface area contributed by atoms with Crippen molar-refractivity contribution in [3.63, 3.8) is 0 Å². The van der Waals surface area contributed by atoms with Gasteiger partial charge in [0, 0.05) is 24.2 Å². The lowest BCUT2D eigenvalue weighted by Gasteiger charge is -2.38. The number of carbonyl (C=O) groups excluding carboxylic acids is 1. The van der Waals surface area contributed by atoms with E-state index in [1.54, 1.807) is 11.0 Å². The van der Waals surface area contributed by atoms with Crippen molar-refractivity contribution in [3.05, 3.63) is 42.0 Å². The second-order valence-electron chi connectivity index (χ2n) is 6.26. The molecule has 1 aliphatic rings. The Kier molecular flexibility index (Phi) is 4.43. The molecule has 0 bridgehead atoms. The van der Waals surface area contributed by atoms with Crippen LogP contribution < -0.4 is 5.73 Å². The van der Waals surface area contributed by atoms with Crippen LogP contribution in [-0.4, -0.2) is 44.2 Å². The lowest BCUT2D eigenvalue weighted by atomic mass is 9.95. The molecule has 1 fully saturated rings. The van der Waals surface area contributed by atoms with E-state index >= 15 is 0 Å². The highest BCUT2D eigenvalue weighted by Gasteiger charge is 2.29. The maximum Gasteiger partial charge on any atom is 0.254 e. The number of aromatic nitrogens is 3. The van der Waals surface area contributed by atoms with Gasteiger partial charge in [0.25, 0.3) is 5.91 Å². The van der Waals surface area contributed by atoms with Gasteiger partial charge in [0.15, 0.2) is 0 Å². The molecule has 122 valence electrons. The van der Waals surface area contributed by atoms with E-state index in [1.165, 1.54) is 6.33 Å². The highest BCUT2D eigenvalue weighted by molar-refractivity contribution is 5.95. The molecule has 6 heteroatoms. The van der Waals surface area contributed by atoms with Gasteiger partial charge >= 0.3 is 0 Å². The van der Waals surface area contributed by atoms with E-state index < -0.39 is 0 Å². The number of likely N-dealkylation sites (tertiary alicyclic amines) is 1. The number of carbonyl (C=O) groups is 1. The molecule has 1 aromatic carbocycles. The first-order chi connectivity index (χ1) is 11.1. The summed E-state index contributed by atoms with van der Waals surface area (Å²) in [6.45, 7) is 4.75. The monoisotopic (exact) mass is 313 g/mol. The smallest absolute Gasteiger partial charge is 0.254 e. The van der Waals surface area contributed by atoms with Gasteiger partial charge in [0.2, 0.25) is 0 Å². The van der Waals surface area contributed by atoms with Gasteiger partial charge in [-0.25, -0.2) is 9.67 Å². The average Bonchev–Trinajstić information content (AvgIpc) is 3.08. The fourth-order valence-electron chi connectivity index (χ4n) is 3.30. The van der Waals surface area contributed by atoms with Crippen LogP contribution in [0.15, 0.2) is 30.9 Å². The second kappa shape index (κ2) is 6.50. The Bertz CT molecular complexity index is 680. The lowest BCUT2D eigenvalue weighted by Crippen LogP contribution is -2.51. The average molecular weight is 313 g/mol. The highest BCUT2D eigenvalue weighted by Crippen LogP contribution is 2.23. The van der Waals surface area contributed by atoms with Crippen LogP contribution in [0.1, 0.15) is 42.1 Å². The van der Waals surface area contributed by atoms with E-state index in [-0.39, 0.29) is 18.0 Å². The van der Waals surface area contributed by atoms with Crippen LogP contribution in [0.2, 0.25) is 0 Å². The van der Waals surface area contributed by atoms with Crippen LogP contribution in [0, 0.1) is 6.92 Å². The first-order valence-corrected chi connectivity index (χ1v) is 8.10. The molecule has 0 saturated carbocycles. The minimum Gasteiger partial charge on any atom is -0.334 e. The molecule has 1 saturated heterocycles. The van der Waals surface area contributed by atoms with Crippen molar-refractivity contribution < 1.29 is 4.79 Å². The third kappa shape index (κ3) is 3.12. The Balaban J connectivity index is 1.86. The van der Waals surface area contributed by atoms with Gasteiger partial charge < -0.3 is 10.6 Å². The molecule has 6 nitrogen and oxygen atoms in total. The summed E-state index contributed by atoms with van der Waals surface area (Å²) in [5.41, 5.74) is 8.71. The predicted octanol–water partition coefficient (Wildman–Crippen LogP) is 1.92. The number of hydrogen-bond acceptors (Lipinski definition) is 4. The highest BCUT2D eigenvalue weighted by atomic mass is 16.2. The maximum atomic E-state index is 12.9. The number of benzene rings is 1. The maximum absolute atomic E-state index is 12.9. The molecule has 2 atom stereocenters. The topological polar surface area (TPSA) is 77.0 Å². The van der Waals surface area contributed by atoms with E-state index in [0.29, 0.717) is 5.56 Å². The first-order valence-electron chi connectivity index (χ1n) is 8.10. The molecule has 1 amide bonds. The summed E-state index contributed by atoms with van der Waals surface area (Å²) in [7, 11) is 0. The van der Waals surface area contributed by atoms with Gasteiger partial charge in [-0.1, -0.05) is 0 Å². The molecular weight excluding hydrogens is 290 g/mol. The fourth-order valence-corrected chi connectivity index (χ4v) is 3.30. The molecule has 1 aliphatic heterocycles. The predicted molar refractivity (Wildman–Crippen MR) is 88.4 cm³/mol. The zero-order chi connectivity index (χ0) is 16.4. The minimum absolute atomic E-state index is 0.00484. The lowest BCUT2D eigenvalue weighted by molar-refractivity contribution is 0.0583. The van der Waals surface area contributed by atoms with E-state index in [0.717, 1.165) is 37.1 Å². The number of rotatable bonds is 3. The summed E-state index contributed by atoms with van der Waals surface area (Å²) in [6.07, 6.45) is 6.32. The summed E-state index contributed by atoms with van der Waals surface area (Å²) >= 11 is 0. The van der Waals surface area contributed by atoms with Crippen LogP contribution in [0.3, 0.4) is 0 Å². The number of piperidine rings is 1. The van der Waals surface area contributed by atoms with Crippen LogP contribution in [0.4, 0.5) is 0 Å². The molecule has 2 heterocycles. The third-order valence-corrected chi connectivity index (χ3v) is 4.53. The third-order valence-electron chi connectivity index (χ3n) is 4.53. The fraction of sp³-hybridized carbons (Fsp3) is 0.471. The van der Waals surface area contributed by atoms with Gasteiger partial charge in [-0.2, -0.15) is 5.10 Å². The SMILES string of the molecule is Cc1cc(C(=O)N2CCCC[C@@H]2[C@@H](C)N)ccc1-n1cncn1. The molecule has 0 radical (unpaired) electrons. The van der Waals surface area contributed by atoms with Crippen LogP contribution in [0.25, 0.3) is 5.69 Å². The Morgan fingerprint density at radius 2 is 2.22 bits per heavy atom. The number of aryl methyl sites for hydroxylation is 1. The number of nitrogens with two attached hydrogens (primary N) is 1. The molecule has 2 N–H and O–H groups in total. The normalized spacial score (nSPS) is 19.6. The summed E-state index contributed by atoms with van der Waals surface area (Å²) < 4.78 is 1.70. The van der Waals surface area contributed by atoms with Gasteiger partial charge in [0.1, 0.15) is 12.7 Å². The van der Waals surface area contributed by atoms with Gasteiger partial charge in [-0.05, 0) is 56.9 Å². The summed E-state index contributed by atoms with van der Waals surface area (Å²) in [4.78, 5) is 18.8. The molecule has 0 unspecified atom stereocenters. The number of nitrogens with zero attached hydrogens (tertiary/aromatic N) is 4. The van der Waals surface area contributed by atoms with Crippen molar-refractivity contribution in [1.82, 2.24) is 19.7 Å². The largest absolute Gasteiger partial charge is 0.334 e. The van der Waals surface area contributed by atoms with E-state index in [1.807, 2.05) is 36.9 Å². The molecule has 0 aliphatic carbocycles. The van der Waals surface area contributed by atoms with Crippen molar-refractivity contribution >= 4 is 5.91 Å². The van der Waals surface area contributed by atoms with Crippen molar-refractivity contribution in [2.24, 2.45) is 5.73 Å². The molecule has 3 rings (SSSR count). The van der Waals surface area contributed by atoms with Crippen molar-refractivity contribution in [1.29, 1.82) is 0 Å². The van der Waals surface area contributed by atoms with Crippen molar-refractivity contribution in [2.45, 2.75) is 45.2 Å². The molecule has 1 aromatic heterocycles. The minimum atomic E-state index is -0.00484. The first kappa shape index (κ1) is 15.7. The molecular formula is C17H23N5O. The zero-order valence-electron chi connectivity index (χ0n) is 13.6. The molecule has 23 heavy (non-hydrogen) atoms. The number of amides is 1. The molecule has 2 aromatic rings. The Labute approximate surface area is 136 Å². The molecule has 0 spiro atoms. The zero-order valence-corrected chi connectivity index (χ0v) is 13.6. The van der Waals surface area contributed by atoms with Crippen molar-refractivity contribution in [3.8, 4) is 5.69 Å². The van der Waals surface area contributed by atoms with Gasteiger partial charge in [-0.15, -0.1) is 0 Å². The number of hydrogen-bond donors (Lipinski definition) is 1. The van der Waals surface area contributed by atoms with Crippen LogP contribution in [-0.2, 0) is 0 Å². The Morgan fingerprint density at radius 3 is 2.87 bits per heavy atom. The standard InChI is InChI=1S/C17H23N5O/c1-12-9-14(6-7-15(12)22-11-19-10-20-22)17(23)21-8-4-3-5-16(21)13(2)18/h6-7,9-11,13,16H,3-5,8,18H2,1-2H3/t13-,16-/m1/s1.